The molecule has 1 aliphatic rings. The third kappa shape index (κ3) is 2.83. The lowest BCUT2D eigenvalue weighted by Gasteiger charge is -2.25. The van der Waals surface area contributed by atoms with Crippen LogP contribution in [0.5, 0.6) is 5.75 Å². The zero-order chi connectivity index (χ0) is 17.9. The van der Waals surface area contributed by atoms with Crippen molar-refractivity contribution in [1.82, 2.24) is 20.1 Å². The summed E-state index contributed by atoms with van der Waals surface area (Å²) in [6.07, 6.45) is 7.20. The largest absolute Gasteiger partial charge is 0.496 e. The topological polar surface area (TPSA) is 71.1 Å². The first kappa shape index (κ1) is 16.3. The number of H-pyrrole nitrogens is 1. The minimum Gasteiger partial charge on any atom is -0.496 e. The van der Waals surface area contributed by atoms with Crippen LogP contribution < -0.4 is 4.74 Å². The summed E-state index contributed by atoms with van der Waals surface area (Å²) in [6, 6.07) is 11.2. The highest BCUT2D eigenvalue weighted by molar-refractivity contribution is 5.97. The molecule has 4 rings (SSSR count). The average molecular weight is 348 g/mol. The first-order chi connectivity index (χ1) is 12.8. The van der Waals surface area contributed by atoms with Crippen molar-refractivity contribution in [3.63, 3.8) is 0 Å². The van der Waals surface area contributed by atoms with Crippen LogP contribution in [-0.2, 0) is 0 Å². The molecule has 1 fully saturated rings. The van der Waals surface area contributed by atoms with E-state index in [1.165, 1.54) is 0 Å². The van der Waals surface area contributed by atoms with Crippen LogP contribution in [0.15, 0.2) is 55.0 Å². The Labute approximate surface area is 151 Å². The molecule has 26 heavy (non-hydrogen) atoms. The Kier molecular flexibility index (Phi) is 4.39. The third-order valence-corrected chi connectivity index (χ3v) is 4.84. The van der Waals surface area contributed by atoms with Crippen LogP contribution in [-0.4, -0.2) is 39.6 Å². The lowest BCUT2D eigenvalue weighted by Crippen LogP contribution is -2.31. The molecule has 3 aromatic rings. The van der Waals surface area contributed by atoms with Crippen LogP contribution in [0.4, 0.5) is 0 Å². The zero-order valence-electron chi connectivity index (χ0n) is 14.6. The van der Waals surface area contributed by atoms with E-state index in [2.05, 4.69) is 15.2 Å². The number of amides is 1. The van der Waals surface area contributed by atoms with Crippen molar-refractivity contribution in [1.29, 1.82) is 0 Å². The molecule has 1 amide bonds. The number of rotatable bonds is 4. The van der Waals surface area contributed by atoms with Gasteiger partial charge in [-0.05, 0) is 42.7 Å². The van der Waals surface area contributed by atoms with E-state index in [0.717, 1.165) is 36.2 Å². The highest BCUT2D eigenvalue weighted by atomic mass is 16.5. The lowest BCUT2D eigenvalue weighted by atomic mass is 10.0. The molecule has 0 saturated carbocycles. The number of pyridine rings is 1. The number of hydrogen-bond donors (Lipinski definition) is 1. The molecule has 1 unspecified atom stereocenters. The number of ether oxygens (including phenoxy) is 1. The molecular weight excluding hydrogens is 328 g/mol. The van der Waals surface area contributed by atoms with Crippen molar-refractivity contribution in [2.45, 2.75) is 18.9 Å². The average Bonchev–Trinajstić information content (AvgIpc) is 3.37. The highest BCUT2D eigenvalue weighted by Crippen LogP contribution is 2.37. The lowest BCUT2D eigenvalue weighted by molar-refractivity contribution is 0.0730. The number of nitrogens with zero attached hydrogens (tertiary/aromatic N) is 3. The maximum absolute atomic E-state index is 13.2. The highest BCUT2D eigenvalue weighted by Gasteiger charge is 2.34. The minimum atomic E-state index is -0.0296. The zero-order valence-corrected chi connectivity index (χ0v) is 14.6. The van der Waals surface area contributed by atoms with Gasteiger partial charge in [-0.3, -0.25) is 14.9 Å². The minimum absolute atomic E-state index is 0.0137. The van der Waals surface area contributed by atoms with E-state index in [1.807, 2.05) is 47.5 Å². The van der Waals surface area contributed by atoms with Crippen LogP contribution in [0.1, 0.15) is 34.9 Å². The van der Waals surface area contributed by atoms with Gasteiger partial charge < -0.3 is 9.64 Å². The summed E-state index contributed by atoms with van der Waals surface area (Å²) in [4.78, 5) is 19.2. The predicted octanol–water partition coefficient (Wildman–Crippen LogP) is 3.46. The summed E-state index contributed by atoms with van der Waals surface area (Å²) in [5.74, 6) is 0.586. The number of carbonyl (C=O) groups excluding carboxylic acids is 1. The smallest absolute Gasteiger partial charge is 0.258 e. The SMILES string of the molecule is COc1ccccc1C(=O)N1CCCC1c1[nH]ncc1-c1ccncc1. The quantitative estimate of drug-likeness (QED) is 0.784. The number of benzene rings is 1. The van der Waals surface area contributed by atoms with Gasteiger partial charge in [0.05, 0.1) is 30.6 Å². The van der Waals surface area contributed by atoms with Gasteiger partial charge in [0, 0.05) is 24.5 Å². The summed E-state index contributed by atoms with van der Waals surface area (Å²) < 4.78 is 5.37. The van der Waals surface area contributed by atoms with Crippen LogP contribution in [0, 0.1) is 0 Å². The van der Waals surface area contributed by atoms with Crippen molar-refractivity contribution < 1.29 is 9.53 Å². The Hall–Kier alpha value is -3.15. The summed E-state index contributed by atoms with van der Waals surface area (Å²) in [7, 11) is 1.59. The fraction of sp³-hybridized carbons (Fsp3) is 0.250. The molecule has 3 heterocycles. The van der Waals surface area contributed by atoms with Crippen LogP contribution in [0.25, 0.3) is 11.1 Å². The van der Waals surface area contributed by atoms with E-state index >= 15 is 0 Å². The summed E-state index contributed by atoms with van der Waals surface area (Å²) in [5.41, 5.74) is 3.61. The number of para-hydroxylation sites is 1. The molecule has 1 atom stereocenters. The number of methoxy groups -OCH3 is 1. The van der Waals surface area contributed by atoms with E-state index in [4.69, 9.17) is 4.74 Å². The molecule has 132 valence electrons. The standard InChI is InChI=1S/C20H20N4O2/c1-26-18-7-3-2-5-15(18)20(25)24-12-4-6-17(24)19-16(13-22-23-19)14-8-10-21-11-9-14/h2-3,5,7-11,13,17H,4,6,12H2,1H3,(H,22,23). The Morgan fingerprint density at radius 2 is 2.04 bits per heavy atom. The Morgan fingerprint density at radius 1 is 1.23 bits per heavy atom. The molecule has 1 N–H and O–H groups in total. The molecule has 1 aliphatic heterocycles. The molecule has 6 heteroatoms. The monoisotopic (exact) mass is 348 g/mol. The maximum Gasteiger partial charge on any atom is 0.258 e. The molecule has 1 aromatic carbocycles. The van der Waals surface area contributed by atoms with Gasteiger partial charge in [0.25, 0.3) is 5.91 Å². The second-order valence-electron chi connectivity index (χ2n) is 6.29. The molecule has 2 aromatic heterocycles. The van der Waals surface area contributed by atoms with Gasteiger partial charge in [-0.25, -0.2) is 0 Å². The molecule has 0 radical (unpaired) electrons. The van der Waals surface area contributed by atoms with Crippen molar-refractivity contribution >= 4 is 5.91 Å². The summed E-state index contributed by atoms with van der Waals surface area (Å²) in [5, 5.41) is 7.35. The first-order valence-electron chi connectivity index (χ1n) is 8.67. The number of aromatic nitrogens is 3. The van der Waals surface area contributed by atoms with Gasteiger partial charge in [-0.1, -0.05) is 12.1 Å². The van der Waals surface area contributed by atoms with Gasteiger partial charge in [0.15, 0.2) is 0 Å². The Bertz CT molecular complexity index is 907. The van der Waals surface area contributed by atoms with Gasteiger partial charge in [0.2, 0.25) is 0 Å². The van der Waals surface area contributed by atoms with E-state index in [1.54, 1.807) is 19.5 Å². The van der Waals surface area contributed by atoms with Gasteiger partial charge >= 0.3 is 0 Å². The predicted molar refractivity (Wildman–Crippen MR) is 97.8 cm³/mol. The van der Waals surface area contributed by atoms with Crippen LogP contribution >= 0.6 is 0 Å². The summed E-state index contributed by atoms with van der Waals surface area (Å²) >= 11 is 0. The van der Waals surface area contributed by atoms with Gasteiger partial charge in [-0.15, -0.1) is 0 Å². The molecule has 6 nitrogen and oxygen atoms in total. The number of carbonyl (C=O) groups is 1. The molecule has 0 bridgehead atoms. The van der Waals surface area contributed by atoms with Crippen LogP contribution in [0.3, 0.4) is 0 Å². The Balaban J connectivity index is 1.68. The van der Waals surface area contributed by atoms with Crippen molar-refractivity contribution in [3.05, 3.63) is 66.2 Å². The molecule has 1 saturated heterocycles. The molecule has 0 spiro atoms. The number of likely N-dealkylation sites (tertiary alicyclic amines) is 1. The normalized spacial score (nSPS) is 16.7. The van der Waals surface area contributed by atoms with Crippen molar-refractivity contribution in [2.24, 2.45) is 0 Å². The fourth-order valence-electron chi connectivity index (χ4n) is 3.60. The van der Waals surface area contributed by atoms with E-state index in [-0.39, 0.29) is 11.9 Å². The number of nitrogens with one attached hydrogen (secondary N) is 1. The van der Waals surface area contributed by atoms with Gasteiger partial charge in [-0.2, -0.15) is 5.10 Å². The first-order valence-corrected chi connectivity index (χ1v) is 8.67. The maximum atomic E-state index is 13.2. The Morgan fingerprint density at radius 3 is 2.85 bits per heavy atom. The summed E-state index contributed by atoms with van der Waals surface area (Å²) in [6.45, 7) is 0.719. The van der Waals surface area contributed by atoms with Crippen molar-refractivity contribution in [2.75, 3.05) is 13.7 Å². The molecular formula is C20H20N4O2. The molecule has 0 aliphatic carbocycles. The van der Waals surface area contributed by atoms with E-state index in [0.29, 0.717) is 11.3 Å². The third-order valence-electron chi connectivity index (χ3n) is 4.84. The van der Waals surface area contributed by atoms with E-state index in [9.17, 15) is 4.79 Å². The second kappa shape index (κ2) is 7.00. The number of aromatic amines is 1. The fourth-order valence-corrected chi connectivity index (χ4v) is 3.60. The number of hydrogen-bond acceptors (Lipinski definition) is 4. The van der Waals surface area contributed by atoms with Crippen molar-refractivity contribution in [3.8, 4) is 16.9 Å². The van der Waals surface area contributed by atoms with Crippen LogP contribution in [0.2, 0.25) is 0 Å². The van der Waals surface area contributed by atoms with Gasteiger partial charge in [0.1, 0.15) is 5.75 Å². The second-order valence-corrected chi connectivity index (χ2v) is 6.29. The van der Waals surface area contributed by atoms with E-state index < -0.39 is 0 Å².